The predicted molar refractivity (Wildman–Crippen MR) is 123 cm³/mol. The Morgan fingerprint density at radius 1 is 0.829 bits per heavy atom. The molecule has 0 aliphatic carbocycles. The lowest BCUT2D eigenvalue weighted by Gasteiger charge is -2.12. The van der Waals surface area contributed by atoms with Crippen molar-refractivity contribution in [1.29, 1.82) is 0 Å². The Kier molecular flexibility index (Phi) is 6.61. The molecule has 35 heavy (non-hydrogen) atoms. The molecule has 0 saturated heterocycles. The van der Waals surface area contributed by atoms with E-state index in [1.807, 2.05) is 0 Å². The molecule has 0 aliphatic rings. The van der Waals surface area contributed by atoms with Crippen LogP contribution in [0.2, 0.25) is 0 Å². The van der Waals surface area contributed by atoms with Crippen LogP contribution in [0.3, 0.4) is 0 Å². The van der Waals surface area contributed by atoms with Gasteiger partial charge in [0.2, 0.25) is 0 Å². The second-order valence-corrected chi connectivity index (χ2v) is 6.98. The molecule has 3 aromatic rings. The van der Waals surface area contributed by atoms with E-state index >= 15 is 0 Å². The van der Waals surface area contributed by atoms with Crippen molar-refractivity contribution >= 4 is 46.0 Å². The molecule has 0 radical (unpaired) electrons. The van der Waals surface area contributed by atoms with E-state index in [9.17, 15) is 45.6 Å². The quantitative estimate of drug-likeness (QED) is 0.253. The number of nitrogens with zero attached hydrogens (tertiary/aromatic N) is 5. The average Bonchev–Trinajstić information content (AvgIpc) is 2.79. The number of hydrogen-bond acceptors (Lipinski definition) is 11. The number of nitrogens with one attached hydrogen (secondary N) is 1. The highest BCUT2D eigenvalue weighted by atomic mass is 16.6. The molecule has 0 bridgehead atoms. The lowest BCUT2D eigenvalue weighted by Crippen LogP contribution is -2.04. The maximum atomic E-state index is 11.6. The Balaban J connectivity index is 2.14. The highest BCUT2D eigenvalue weighted by Gasteiger charge is 2.31. The van der Waals surface area contributed by atoms with Crippen molar-refractivity contribution in [3.63, 3.8) is 0 Å². The molecule has 178 valence electrons. The van der Waals surface area contributed by atoms with Gasteiger partial charge in [-0.25, -0.2) is 0 Å². The zero-order chi connectivity index (χ0) is 25.9. The Bertz CT molecular complexity index is 1390. The Labute approximate surface area is 194 Å². The van der Waals surface area contributed by atoms with Gasteiger partial charge in [-0.1, -0.05) is 12.1 Å². The van der Waals surface area contributed by atoms with E-state index < -0.39 is 42.4 Å². The van der Waals surface area contributed by atoms with Crippen molar-refractivity contribution in [3.05, 3.63) is 100 Å². The number of anilines is 2. The maximum absolute atomic E-state index is 11.6. The number of aromatic hydroxyl groups is 1. The third-order valence-electron chi connectivity index (χ3n) is 4.74. The van der Waals surface area contributed by atoms with Gasteiger partial charge < -0.3 is 10.4 Å². The van der Waals surface area contributed by atoms with Crippen LogP contribution in [0, 0.1) is 47.4 Å². The molecule has 15 nitrogen and oxygen atoms in total. The molecule has 0 aromatic heterocycles. The number of rotatable bonds is 8. The first kappa shape index (κ1) is 24.2. The second-order valence-electron chi connectivity index (χ2n) is 6.98. The topological polar surface area (TPSA) is 217 Å². The van der Waals surface area contributed by atoms with Gasteiger partial charge in [-0.3, -0.25) is 45.4 Å². The van der Waals surface area contributed by atoms with Gasteiger partial charge in [0.25, 0.3) is 11.4 Å². The number of benzene rings is 3. The molecule has 15 heteroatoms. The summed E-state index contributed by atoms with van der Waals surface area (Å²) in [6.45, 7) is 1.61. The Morgan fingerprint density at radius 3 is 1.97 bits per heavy atom. The molecular formula is C20H14N6O9. The zero-order valence-corrected chi connectivity index (χ0v) is 17.6. The minimum absolute atomic E-state index is 0.000648. The van der Waals surface area contributed by atoms with Gasteiger partial charge in [-0.15, -0.1) is 0 Å². The number of phenols is 1. The molecule has 0 spiro atoms. The number of para-hydroxylation sites is 1. The van der Waals surface area contributed by atoms with Gasteiger partial charge >= 0.3 is 11.4 Å². The van der Waals surface area contributed by atoms with E-state index in [0.717, 1.165) is 24.4 Å². The van der Waals surface area contributed by atoms with Gasteiger partial charge in [0, 0.05) is 23.9 Å². The molecule has 0 amide bonds. The van der Waals surface area contributed by atoms with E-state index in [0.29, 0.717) is 17.7 Å². The van der Waals surface area contributed by atoms with Crippen molar-refractivity contribution in [2.24, 2.45) is 4.99 Å². The number of non-ortho nitro benzene ring substituents is 2. The van der Waals surface area contributed by atoms with Crippen LogP contribution in [0.15, 0.2) is 53.5 Å². The largest absolute Gasteiger partial charge is 0.507 e. The minimum atomic E-state index is -0.998. The first-order valence-corrected chi connectivity index (χ1v) is 9.49. The number of aliphatic imine (C=N–C) groups is 1. The second kappa shape index (κ2) is 9.57. The molecule has 2 N–H and O–H groups in total. The smallest absolute Gasteiger partial charge is 0.306 e. The summed E-state index contributed by atoms with van der Waals surface area (Å²) in [5, 5.41) is 57.8. The number of nitro groups is 4. The Hall–Kier alpha value is -5.47. The molecular weight excluding hydrogens is 468 g/mol. The fraction of sp³-hybridized carbons (Fsp3) is 0.0500. The highest BCUT2D eigenvalue weighted by molar-refractivity contribution is 5.90. The van der Waals surface area contributed by atoms with Crippen molar-refractivity contribution in [2.75, 3.05) is 5.32 Å². The Morgan fingerprint density at radius 2 is 1.43 bits per heavy atom. The first-order valence-electron chi connectivity index (χ1n) is 9.49. The van der Waals surface area contributed by atoms with Gasteiger partial charge in [-0.05, 0) is 24.6 Å². The van der Waals surface area contributed by atoms with Crippen LogP contribution < -0.4 is 5.32 Å². The van der Waals surface area contributed by atoms with Crippen LogP contribution in [0.25, 0.3) is 0 Å². The van der Waals surface area contributed by atoms with E-state index in [-0.39, 0.29) is 28.4 Å². The monoisotopic (exact) mass is 482 g/mol. The number of nitro benzene ring substituents is 4. The number of aryl methyl sites for hydroxylation is 1. The summed E-state index contributed by atoms with van der Waals surface area (Å²) in [4.78, 5) is 45.8. The standard InChI is InChI=1S/C20H14N6O9/c1-11-3-2-4-15(19(11)21-10-12-7-13(23(28)29)5-6-18(12)27)22-20-16(25(32)33)8-14(24(30)31)9-17(20)26(34)35/h2-10,22,27H,1H3. The van der Waals surface area contributed by atoms with E-state index in [4.69, 9.17) is 0 Å². The number of phenolic OH excluding ortho intramolecular Hbond substituents is 1. The highest BCUT2D eigenvalue weighted by Crippen LogP contribution is 2.42. The third-order valence-corrected chi connectivity index (χ3v) is 4.74. The summed E-state index contributed by atoms with van der Waals surface area (Å²) < 4.78 is 0. The van der Waals surface area contributed by atoms with Gasteiger partial charge in [0.15, 0.2) is 5.69 Å². The van der Waals surface area contributed by atoms with Crippen LogP contribution in [0.4, 0.5) is 39.8 Å². The normalized spacial score (nSPS) is 10.8. The fourth-order valence-electron chi connectivity index (χ4n) is 3.08. The van der Waals surface area contributed by atoms with E-state index in [2.05, 4.69) is 10.3 Å². The van der Waals surface area contributed by atoms with Crippen LogP contribution in [-0.2, 0) is 0 Å². The van der Waals surface area contributed by atoms with Crippen LogP contribution >= 0.6 is 0 Å². The maximum Gasteiger partial charge on any atom is 0.306 e. The predicted octanol–water partition coefficient (Wildman–Crippen LogP) is 4.83. The summed E-state index contributed by atoms with van der Waals surface area (Å²) in [6.07, 6.45) is 1.12. The first-order chi connectivity index (χ1) is 16.5. The van der Waals surface area contributed by atoms with E-state index in [1.165, 1.54) is 12.1 Å². The zero-order valence-electron chi connectivity index (χ0n) is 17.6. The lowest BCUT2D eigenvalue weighted by molar-refractivity contribution is -0.401. The van der Waals surface area contributed by atoms with Crippen molar-refractivity contribution in [2.45, 2.75) is 6.92 Å². The average molecular weight is 482 g/mol. The van der Waals surface area contributed by atoms with Gasteiger partial charge in [0.1, 0.15) is 5.75 Å². The molecule has 0 aliphatic heterocycles. The number of hydrogen-bond donors (Lipinski definition) is 2. The van der Waals surface area contributed by atoms with Crippen molar-refractivity contribution in [1.82, 2.24) is 0 Å². The third kappa shape index (κ3) is 5.14. The summed E-state index contributed by atoms with van der Waals surface area (Å²) in [5.41, 5.74) is -2.85. The lowest BCUT2D eigenvalue weighted by atomic mass is 10.1. The fourth-order valence-corrected chi connectivity index (χ4v) is 3.08. The molecule has 0 heterocycles. The summed E-state index contributed by atoms with van der Waals surface area (Å²) >= 11 is 0. The summed E-state index contributed by atoms with van der Waals surface area (Å²) in [6, 6.07) is 9.03. The molecule has 3 aromatic carbocycles. The molecule has 0 fully saturated rings. The summed E-state index contributed by atoms with van der Waals surface area (Å²) in [5.74, 6) is -0.302. The van der Waals surface area contributed by atoms with Gasteiger partial charge in [0.05, 0.1) is 43.2 Å². The molecule has 3 rings (SSSR count). The minimum Gasteiger partial charge on any atom is -0.507 e. The van der Waals surface area contributed by atoms with Crippen molar-refractivity contribution < 1.29 is 24.8 Å². The van der Waals surface area contributed by atoms with Gasteiger partial charge in [-0.2, -0.15) is 0 Å². The summed E-state index contributed by atoms with van der Waals surface area (Å²) in [7, 11) is 0. The van der Waals surface area contributed by atoms with Crippen molar-refractivity contribution in [3.8, 4) is 5.75 Å². The van der Waals surface area contributed by atoms with Crippen LogP contribution in [0.5, 0.6) is 5.75 Å². The molecule has 0 unspecified atom stereocenters. The van der Waals surface area contributed by atoms with E-state index in [1.54, 1.807) is 13.0 Å². The molecule has 0 saturated carbocycles. The molecule has 0 atom stereocenters. The van der Waals surface area contributed by atoms with Crippen LogP contribution in [-0.4, -0.2) is 31.0 Å². The SMILES string of the molecule is Cc1cccc(Nc2c([N+](=O)[O-])cc([N+](=O)[O-])cc2[N+](=O)[O-])c1N=Cc1cc([N+](=O)[O-])ccc1O. The van der Waals surface area contributed by atoms with Crippen LogP contribution in [0.1, 0.15) is 11.1 Å².